The molecule has 3 heterocycles. The Balaban J connectivity index is 1.39. The number of benzene rings is 2. The van der Waals surface area contributed by atoms with Crippen LogP contribution in [0.25, 0.3) is 22.3 Å². The number of hydrogen-bond donors (Lipinski definition) is 2. The molecule has 2 aromatic heterocycles. The first-order valence-corrected chi connectivity index (χ1v) is 11.0. The van der Waals surface area contributed by atoms with E-state index in [9.17, 15) is 4.79 Å². The van der Waals surface area contributed by atoms with Crippen LogP contribution in [0.4, 0.5) is 0 Å². The quantitative estimate of drug-likeness (QED) is 0.446. The Morgan fingerprint density at radius 3 is 2.67 bits per heavy atom. The summed E-state index contributed by atoms with van der Waals surface area (Å²) in [7, 11) is 0. The summed E-state index contributed by atoms with van der Waals surface area (Å²) in [4.78, 5) is 16.1. The Labute approximate surface area is 190 Å². The van der Waals surface area contributed by atoms with Crippen LogP contribution < -0.4 is 14.9 Å². The van der Waals surface area contributed by atoms with Gasteiger partial charge in [-0.05, 0) is 55.2 Å². The fraction of sp³-hybridized carbons (Fsp3) is 0.333. The van der Waals surface area contributed by atoms with E-state index in [0.29, 0.717) is 40.8 Å². The summed E-state index contributed by atoms with van der Waals surface area (Å²) in [6.07, 6.45) is 1.98. The molecule has 170 valence electrons. The summed E-state index contributed by atoms with van der Waals surface area (Å²) in [5.41, 5.74) is 2.89. The summed E-state index contributed by atoms with van der Waals surface area (Å²) in [6, 6.07) is 13.0. The minimum Gasteiger partial charge on any atom is -0.493 e. The zero-order valence-corrected chi connectivity index (χ0v) is 18.3. The lowest BCUT2D eigenvalue weighted by Crippen LogP contribution is -2.21. The summed E-state index contributed by atoms with van der Waals surface area (Å²) >= 11 is 0. The second-order valence-corrected chi connectivity index (χ2v) is 8.19. The Kier molecular flexibility index (Phi) is 6.03. The highest BCUT2D eigenvalue weighted by Crippen LogP contribution is 2.29. The average Bonchev–Trinajstić information content (AvgIpc) is 3.40. The predicted octanol–water partition coefficient (Wildman–Crippen LogP) is 3.40. The third kappa shape index (κ3) is 4.73. The standard InChI is InChI=1S/C24H25N5O4/c1-15-22(25-21-5-3-2-4-20(21)23(15)30)14-33-19-11-17(24-26-28-29-27-24)10-18(12-19)32-13-16-6-8-31-9-7-16/h2-5,10-12,16H,6-9,13-14H2,1H3,(H,25,30)(H,26,27,28,29). The Bertz CT molecular complexity index is 1300. The van der Waals surface area contributed by atoms with Crippen LogP contribution in [0.3, 0.4) is 0 Å². The van der Waals surface area contributed by atoms with Crippen LogP contribution in [0.2, 0.25) is 0 Å². The van der Waals surface area contributed by atoms with E-state index in [4.69, 9.17) is 14.2 Å². The van der Waals surface area contributed by atoms with Crippen LogP contribution in [0.5, 0.6) is 11.5 Å². The van der Waals surface area contributed by atoms with Crippen molar-refractivity contribution in [2.75, 3.05) is 19.8 Å². The molecule has 0 aliphatic carbocycles. The molecule has 0 unspecified atom stereocenters. The Morgan fingerprint density at radius 2 is 1.88 bits per heavy atom. The topological polar surface area (TPSA) is 115 Å². The van der Waals surface area contributed by atoms with Crippen LogP contribution >= 0.6 is 0 Å². The fourth-order valence-corrected chi connectivity index (χ4v) is 3.96. The number of pyridine rings is 1. The van der Waals surface area contributed by atoms with Crippen molar-refractivity contribution in [1.82, 2.24) is 25.6 Å². The van der Waals surface area contributed by atoms with Gasteiger partial charge in [-0.1, -0.05) is 12.1 Å². The number of nitrogens with one attached hydrogen (secondary N) is 2. The number of rotatable bonds is 7. The lowest BCUT2D eigenvalue weighted by Gasteiger charge is -2.22. The molecule has 0 spiro atoms. The molecule has 2 aromatic carbocycles. The van der Waals surface area contributed by atoms with Crippen LogP contribution in [-0.2, 0) is 11.3 Å². The van der Waals surface area contributed by atoms with Crippen molar-refractivity contribution in [3.63, 3.8) is 0 Å². The van der Waals surface area contributed by atoms with Crippen molar-refractivity contribution in [3.8, 4) is 22.9 Å². The van der Waals surface area contributed by atoms with Crippen LogP contribution in [0.1, 0.15) is 24.1 Å². The molecule has 0 amide bonds. The molecule has 9 heteroatoms. The van der Waals surface area contributed by atoms with E-state index in [2.05, 4.69) is 25.6 Å². The van der Waals surface area contributed by atoms with Crippen molar-refractivity contribution in [1.29, 1.82) is 0 Å². The van der Waals surface area contributed by atoms with Gasteiger partial charge in [-0.25, -0.2) is 0 Å². The number of nitrogens with zero attached hydrogens (tertiary/aromatic N) is 3. The number of para-hydroxylation sites is 1. The Hall–Kier alpha value is -3.72. The minimum absolute atomic E-state index is 0.00369. The number of tetrazole rings is 1. The zero-order chi connectivity index (χ0) is 22.6. The van der Waals surface area contributed by atoms with Gasteiger partial charge in [-0.15, -0.1) is 10.2 Å². The molecule has 0 atom stereocenters. The zero-order valence-electron chi connectivity index (χ0n) is 18.3. The maximum atomic E-state index is 12.7. The highest BCUT2D eigenvalue weighted by molar-refractivity contribution is 5.79. The van der Waals surface area contributed by atoms with Gasteiger partial charge in [0, 0.05) is 41.3 Å². The van der Waals surface area contributed by atoms with Gasteiger partial charge >= 0.3 is 0 Å². The van der Waals surface area contributed by atoms with E-state index in [1.165, 1.54) is 0 Å². The van der Waals surface area contributed by atoms with Crippen molar-refractivity contribution in [2.45, 2.75) is 26.4 Å². The van der Waals surface area contributed by atoms with Gasteiger partial charge in [0.2, 0.25) is 5.82 Å². The average molecular weight is 447 g/mol. The summed E-state index contributed by atoms with van der Waals surface area (Å²) in [6.45, 7) is 4.17. The first-order valence-electron chi connectivity index (χ1n) is 11.0. The summed E-state index contributed by atoms with van der Waals surface area (Å²) in [5, 5.41) is 14.9. The molecular weight excluding hydrogens is 422 g/mol. The van der Waals surface area contributed by atoms with Gasteiger partial charge in [0.25, 0.3) is 0 Å². The highest BCUT2D eigenvalue weighted by Gasteiger charge is 2.16. The minimum atomic E-state index is 0.00369. The molecule has 1 aliphatic rings. The van der Waals surface area contributed by atoms with E-state index in [1.807, 2.05) is 49.4 Å². The second kappa shape index (κ2) is 9.41. The number of fused-ring (bicyclic) bond motifs is 1. The first-order chi connectivity index (χ1) is 16.2. The largest absolute Gasteiger partial charge is 0.493 e. The van der Waals surface area contributed by atoms with E-state index in [-0.39, 0.29) is 12.0 Å². The SMILES string of the molecule is Cc1c(COc2cc(OCC3CCOCC3)cc(-c3nn[nH]n3)c2)[nH]c2ccccc2c1=O. The van der Waals surface area contributed by atoms with Gasteiger partial charge in [-0.3, -0.25) is 4.79 Å². The first kappa shape index (κ1) is 21.1. The molecule has 9 nitrogen and oxygen atoms in total. The van der Waals surface area contributed by atoms with Crippen molar-refractivity contribution >= 4 is 10.9 Å². The number of hydrogen-bond acceptors (Lipinski definition) is 7. The monoisotopic (exact) mass is 447 g/mol. The van der Waals surface area contributed by atoms with E-state index >= 15 is 0 Å². The lowest BCUT2D eigenvalue weighted by molar-refractivity contribution is 0.0497. The third-order valence-electron chi connectivity index (χ3n) is 5.94. The van der Waals surface area contributed by atoms with Crippen LogP contribution in [-0.4, -0.2) is 45.4 Å². The Morgan fingerprint density at radius 1 is 1.09 bits per heavy atom. The third-order valence-corrected chi connectivity index (χ3v) is 5.94. The lowest BCUT2D eigenvalue weighted by atomic mass is 10.0. The maximum Gasteiger partial charge on any atom is 0.204 e. The molecule has 0 bridgehead atoms. The van der Waals surface area contributed by atoms with Crippen LogP contribution in [0.15, 0.2) is 47.3 Å². The maximum absolute atomic E-state index is 12.7. The van der Waals surface area contributed by atoms with E-state index < -0.39 is 0 Å². The molecule has 1 aliphatic heterocycles. The molecule has 0 radical (unpaired) electrons. The molecule has 5 rings (SSSR count). The van der Waals surface area contributed by atoms with Gasteiger partial charge in [0.15, 0.2) is 5.43 Å². The van der Waals surface area contributed by atoms with Gasteiger partial charge in [-0.2, -0.15) is 5.21 Å². The summed E-state index contributed by atoms with van der Waals surface area (Å²) < 4.78 is 17.6. The fourth-order valence-electron chi connectivity index (χ4n) is 3.96. The molecular formula is C24H25N5O4. The van der Waals surface area contributed by atoms with E-state index in [1.54, 1.807) is 0 Å². The van der Waals surface area contributed by atoms with Crippen LogP contribution in [0, 0.1) is 12.8 Å². The predicted molar refractivity (Wildman–Crippen MR) is 122 cm³/mol. The number of H-pyrrole nitrogens is 2. The molecule has 4 aromatic rings. The summed E-state index contributed by atoms with van der Waals surface area (Å²) in [5.74, 6) is 2.17. The molecule has 0 saturated carbocycles. The molecule has 2 N–H and O–H groups in total. The molecule has 33 heavy (non-hydrogen) atoms. The highest BCUT2D eigenvalue weighted by atomic mass is 16.5. The number of ether oxygens (including phenoxy) is 3. The number of aromatic amines is 2. The second-order valence-electron chi connectivity index (χ2n) is 8.19. The van der Waals surface area contributed by atoms with Crippen molar-refractivity contribution in [3.05, 3.63) is 63.9 Å². The smallest absolute Gasteiger partial charge is 0.204 e. The molecule has 1 fully saturated rings. The molecule has 1 saturated heterocycles. The van der Waals surface area contributed by atoms with E-state index in [0.717, 1.165) is 42.8 Å². The van der Waals surface area contributed by atoms with Gasteiger partial charge in [0.05, 0.1) is 12.3 Å². The van der Waals surface area contributed by atoms with Crippen molar-refractivity contribution in [2.24, 2.45) is 5.92 Å². The normalized spacial score (nSPS) is 14.5. The number of aromatic nitrogens is 5. The van der Waals surface area contributed by atoms with Gasteiger partial charge in [0.1, 0.15) is 18.1 Å². The van der Waals surface area contributed by atoms with Gasteiger partial charge < -0.3 is 19.2 Å². The van der Waals surface area contributed by atoms with Crippen molar-refractivity contribution < 1.29 is 14.2 Å².